The van der Waals surface area contributed by atoms with Crippen LogP contribution < -0.4 is 0 Å². The van der Waals surface area contributed by atoms with E-state index < -0.39 is 0 Å². The van der Waals surface area contributed by atoms with Crippen LogP contribution in [0.5, 0.6) is 0 Å². The predicted molar refractivity (Wildman–Crippen MR) is 22.9 cm³/mol. The van der Waals surface area contributed by atoms with E-state index in [9.17, 15) is 0 Å². The molecule has 0 fully saturated rings. The molecule has 0 atom stereocenters. The Morgan fingerprint density at radius 1 is 1.00 bits per heavy atom. The molecular weight excluding hydrogens is 108 g/mol. The summed E-state index contributed by atoms with van der Waals surface area (Å²) in [5.41, 5.74) is 0. The first-order chi connectivity index (χ1) is 2.50. The second-order valence-corrected chi connectivity index (χ2v) is 1.09. The minimum atomic E-state index is 0. The van der Waals surface area contributed by atoms with E-state index in [0.29, 0.717) is 0 Å². The first-order valence-corrected chi connectivity index (χ1v) is 1.82. The SMILES string of the molecule is C1=CCC=C1.[Ti]. The fourth-order valence-electron chi connectivity index (χ4n) is 0.393. The van der Waals surface area contributed by atoms with Crippen molar-refractivity contribution in [2.45, 2.75) is 6.42 Å². The Morgan fingerprint density at radius 3 is 1.67 bits per heavy atom. The Morgan fingerprint density at radius 2 is 1.50 bits per heavy atom. The van der Waals surface area contributed by atoms with Gasteiger partial charge in [0, 0.05) is 21.7 Å². The van der Waals surface area contributed by atoms with Crippen LogP contribution in [-0.4, -0.2) is 0 Å². The Labute approximate surface area is 52.8 Å². The molecular formula is C5H6Ti. The molecule has 6 heavy (non-hydrogen) atoms. The molecule has 0 aromatic heterocycles. The summed E-state index contributed by atoms with van der Waals surface area (Å²) in [6, 6.07) is 0. The average Bonchev–Trinajstić information content (AvgIpc) is 1.76. The first-order valence-electron chi connectivity index (χ1n) is 1.82. The quantitative estimate of drug-likeness (QED) is 0.418. The van der Waals surface area contributed by atoms with Gasteiger partial charge in [0.05, 0.1) is 0 Å². The zero-order valence-corrected chi connectivity index (χ0v) is 5.08. The van der Waals surface area contributed by atoms with Gasteiger partial charge in [-0.2, -0.15) is 0 Å². The Kier molecular flexibility index (Phi) is 3.50. The molecule has 0 N–H and O–H groups in total. The van der Waals surface area contributed by atoms with E-state index >= 15 is 0 Å². The van der Waals surface area contributed by atoms with Gasteiger partial charge >= 0.3 is 0 Å². The van der Waals surface area contributed by atoms with Crippen molar-refractivity contribution in [2.24, 2.45) is 0 Å². The maximum absolute atomic E-state index is 2.12. The molecule has 0 heterocycles. The van der Waals surface area contributed by atoms with Crippen molar-refractivity contribution < 1.29 is 21.7 Å². The third-order valence-corrected chi connectivity index (χ3v) is 0.655. The molecule has 0 aliphatic heterocycles. The van der Waals surface area contributed by atoms with E-state index in [1.807, 2.05) is 0 Å². The van der Waals surface area contributed by atoms with E-state index in [-0.39, 0.29) is 21.7 Å². The smallest absolute Gasteiger partial charge is 0 e. The third-order valence-electron chi connectivity index (χ3n) is 0.655. The molecule has 0 aromatic carbocycles. The summed E-state index contributed by atoms with van der Waals surface area (Å²) in [5, 5.41) is 0. The Hall–Kier alpha value is 0.194. The first kappa shape index (κ1) is 6.19. The molecule has 1 heteroatoms. The second kappa shape index (κ2) is 3.39. The summed E-state index contributed by atoms with van der Waals surface area (Å²) in [6.45, 7) is 0. The molecule has 0 aromatic rings. The topological polar surface area (TPSA) is 0 Å². The summed E-state index contributed by atoms with van der Waals surface area (Å²) < 4.78 is 0. The van der Waals surface area contributed by atoms with Crippen molar-refractivity contribution in [3.8, 4) is 0 Å². The minimum absolute atomic E-state index is 0. The van der Waals surface area contributed by atoms with Crippen molar-refractivity contribution in [3.05, 3.63) is 24.3 Å². The molecule has 0 saturated carbocycles. The summed E-state index contributed by atoms with van der Waals surface area (Å²) >= 11 is 0. The van der Waals surface area contributed by atoms with Crippen LogP contribution >= 0.6 is 0 Å². The summed E-state index contributed by atoms with van der Waals surface area (Å²) in [6.07, 6.45) is 9.50. The van der Waals surface area contributed by atoms with Gasteiger partial charge in [-0.25, -0.2) is 0 Å². The van der Waals surface area contributed by atoms with Gasteiger partial charge < -0.3 is 0 Å². The summed E-state index contributed by atoms with van der Waals surface area (Å²) in [7, 11) is 0. The van der Waals surface area contributed by atoms with Crippen LogP contribution in [0, 0.1) is 0 Å². The van der Waals surface area contributed by atoms with Crippen molar-refractivity contribution in [3.63, 3.8) is 0 Å². The van der Waals surface area contributed by atoms with Crippen LogP contribution in [0.15, 0.2) is 24.3 Å². The van der Waals surface area contributed by atoms with Crippen LogP contribution in [-0.2, 0) is 21.7 Å². The average molecular weight is 114 g/mol. The maximum Gasteiger partial charge on any atom is 0 e. The molecule has 0 nitrogen and oxygen atoms in total. The summed E-state index contributed by atoms with van der Waals surface area (Å²) in [5.74, 6) is 0. The fourth-order valence-corrected chi connectivity index (χ4v) is 0.393. The third kappa shape index (κ3) is 1.59. The van der Waals surface area contributed by atoms with Crippen LogP contribution in [0.3, 0.4) is 0 Å². The number of rotatable bonds is 0. The van der Waals surface area contributed by atoms with Crippen LogP contribution in [0.4, 0.5) is 0 Å². The zero-order chi connectivity index (χ0) is 3.54. The van der Waals surface area contributed by atoms with Gasteiger partial charge in [-0.3, -0.25) is 0 Å². The van der Waals surface area contributed by atoms with Crippen LogP contribution in [0.2, 0.25) is 0 Å². The molecule has 0 spiro atoms. The van der Waals surface area contributed by atoms with Gasteiger partial charge in [0.15, 0.2) is 0 Å². The van der Waals surface area contributed by atoms with Crippen molar-refractivity contribution in [1.29, 1.82) is 0 Å². The zero-order valence-electron chi connectivity index (χ0n) is 3.52. The second-order valence-electron chi connectivity index (χ2n) is 1.09. The van der Waals surface area contributed by atoms with Crippen LogP contribution in [0.25, 0.3) is 0 Å². The van der Waals surface area contributed by atoms with E-state index in [1.165, 1.54) is 0 Å². The van der Waals surface area contributed by atoms with Crippen molar-refractivity contribution >= 4 is 0 Å². The molecule has 0 radical (unpaired) electrons. The molecule has 0 bridgehead atoms. The van der Waals surface area contributed by atoms with E-state index in [1.54, 1.807) is 0 Å². The number of allylic oxidation sites excluding steroid dienone is 4. The van der Waals surface area contributed by atoms with Gasteiger partial charge in [-0.15, -0.1) is 0 Å². The normalized spacial score (nSPS) is 14.7. The van der Waals surface area contributed by atoms with Gasteiger partial charge in [-0.1, -0.05) is 24.3 Å². The van der Waals surface area contributed by atoms with E-state index in [0.717, 1.165) is 6.42 Å². The fraction of sp³-hybridized carbons (Fsp3) is 0.200. The van der Waals surface area contributed by atoms with E-state index in [2.05, 4.69) is 24.3 Å². The Bertz CT molecular complexity index is 62.0. The predicted octanol–water partition coefficient (Wildman–Crippen LogP) is 1.50. The standard InChI is InChI=1S/C5H6.Ti/c1-2-4-5-3-1;/h1-4H,5H2;. The van der Waals surface area contributed by atoms with Crippen molar-refractivity contribution in [2.75, 3.05) is 0 Å². The Balaban J connectivity index is 0.000000250. The largest absolute Gasteiger partial charge is 0.0808 e. The monoisotopic (exact) mass is 114 g/mol. The van der Waals surface area contributed by atoms with Gasteiger partial charge in [-0.05, 0) is 6.42 Å². The number of hydrogen-bond donors (Lipinski definition) is 0. The molecule has 0 saturated heterocycles. The van der Waals surface area contributed by atoms with Gasteiger partial charge in [0.25, 0.3) is 0 Å². The molecule has 30 valence electrons. The minimum Gasteiger partial charge on any atom is -0.0808 e. The van der Waals surface area contributed by atoms with Gasteiger partial charge in [0.1, 0.15) is 0 Å². The number of hydrogen-bond acceptors (Lipinski definition) is 0. The van der Waals surface area contributed by atoms with Crippen LogP contribution in [0.1, 0.15) is 6.42 Å². The van der Waals surface area contributed by atoms with E-state index in [4.69, 9.17) is 0 Å². The molecule has 0 unspecified atom stereocenters. The summed E-state index contributed by atoms with van der Waals surface area (Å²) in [4.78, 5) is 0. The molecule has 0 amide bonds. The molecule has 1 aliphatic rings. The van der Waals surface area contributed by atoms with Gasteiger partial charge in [0.2, 0.25) is 0 Å². The maximum atomic E-state index is 2.12. The molecule has 1 aliphatic carbocycles. The molecule has 1 rings (SSSR count). The van der Waals surface area contributed by atoms with Crippen molar-refractivity contribution in [1.82, 2.24) is 0 Å².